The first-order chi connectivity index (χ1) is 8.08. The van der Waals surface area contributed by atoms with Gasteiger partial charge in [0.2, 0.25) is 0 Å². The molecular weight excluding hydrogens is 240 g/mol. The Kier molecular flexibility index (Phi) is 3.54. The van der Waals surface area contributed by atoms with E-state index in [4.69, 9.17) is 17.3 Å². The molecule has 4 nitrogen and oxygen atoms in total. The number of amides is 1. The van der Waals surface area contributed by atoms with Gasteiger partial charge in [-0.15, -0.1) is 0 Å². The number of aromatic hydroxyl groups is 1. The van der Waals surface area contributed by atoms with Crippen LogP contribution in [-0.2, 0) is 0 Å². The second-order valence-corrected chi connectivity index (χ2v) is 4.77. The molecule has 1 saturated carbocycles. The maximum Gasteiger partial charge on any atom is 0.255 e. The van der Waals surface area contributed by atoms with Crippen molar-refractivity contribution in [1.29, 1.82) is 0 Å². The van der Waals surface area contributed by atoms with Crippen molar-refractivity contribution in [3.05, 3.63) is 28.8 Å². The van der Waals surface area contributed by atoms with Gasteiger partial charge in [-0.25, -0.2) is 0 Å². The molecule has 1 amide bonds. The molecule has 0 spiro atoms. The third-order valence-corrected chi connectivity index (χ3v) is 3.33. The van der Waals surface area contributed by atoms with E-state index in [9.17, 15) is 9.90 Å². The minimum Gasteiger partial charge on any atom is -0.507 e. The normalized spacial score (nSPS) is 23.6. The summed E-state index contributed by atoms with van der Waals surface area (Å²) in [6.07, 6.45) is 2.84. The molecule has 2 rings (SSSR count). The summed E-state index contributed by atoms with van der Waals surface area (Å²) >= 11 is 5.70. The Morgan fingerprint density at radius 1 is 1.47 bits per heavy atom. The van der Waals surface area contributed by atoms with E-state index in [0.717, 1.165) is 19.3 Å². The number of phenolic OH excluding ortho intramolecular Hbond substituents is 1. The maximum absolute atomic E-state index is 11.9. The number of phenols is 1. The van der Waals surface area contributed by atoms with E-state index < -0.39 is 0 Å². The van der Waals surface area contributed by atoms with Gasteiger partial charge in [-0.3, -0.25) is 4.79 Å². The van der Waals surface area contributed by atoms with E-state index in [-0.39, 0.29) is 29.3 Å². The second kappa shape index (κ2) is 4.94. The van der Waals surface area contributed by atoms with Crippen LogP contribution in [0.5, 0.6) is 5.75 Å². The number of nitrogens with two attached hydrogens (primary N) is 1. The molecule has 1 aliphatic carbocycles. The Morgan fingerprint density at radius 2 is 2.24 bits per heavy atom. The molecule has 5 heteroatoms. The molecule has 1 fully saturated rings. The van der Waals surface area contributed by atoms with Gasteiger partial charge in [0.05, 0.1) is 5.56 Å². The lowest BCUT2D eigenvalue weighted by Gasteiger charge is -2.17. The second-order valence-electron chi connectivity index (χ2n) is 4.34. The van der Waals surface area contributed by atoms with Crippen LogP contribution in [0.3, 0.4) is 0 Å². The number of benzene rings is 1. The van der Waals surface area contributed by atoms with Gasteiger partial charge in [-0.1, -0.05) is 11.6 Å². The van der Waals surface area contributed by atoms with Gasteiger partial charge in [0, 0.05) is 17.1 Å². The van der Waals surface area contributed by atoms with Crippen molar-refractivity contribution in [3.8, 4) is 5.75 Å². The number of hydrogen-bond donors (Lipinski definition) is 3. The van der Waals surface area contributed by atoms with E-state index in [1.54, 1.807) is 6.07 Å². The lowest BCUT2D eigenvalue weighted by atomic mass is 10.1. The van der Waals surface area contributed by atoms with Gasteiger partial charge < -0.3 is 16.2 Å². The van der Waals surface area contributed by atoms with Gasteiger partial charge in [-0.05, 0) is 37.5 Å². The summed E-state index contributed by atoms with van der Waals surface area (Å²) in [5, 5.41) is 12.9. The van der Waals surface area contributed by atoms with Gasteiger partial charge in [-0.2, -0.15) is 0 Å². The number of carbonyl (C=O) groups is 1. The summed E-state index contributed by atoms with van der Waals surface area (Å²) in [5.74, 6) is -0.414. The lowest BCUT2D eigenvalue weighted by Crippen LogP contribution is -2.43. The molecule has 0 heterocycles. The zero-order valence-corrected chi connectivity index (χ0v) is 10.1. The van der Waals surface area contributed by atoms with Crippen molar-refractivity contribution in [3.63, 3.8) is 0 Å². The summed E-state index contributed by atoms with van der Waals surface area (Å²) < 4.78 is 0. The first-order valence-electron chi connectivity index (χ1n) is 5.63. The number of hydrogen-bond acceptors (Lipinski definition) is 3. The highest BCUT2D eigenvalue weighted by molar-refractivity contribution is 6.30. The molecule has 2 unspecified atom stereocenters. The standard InChI is InChI=1S/C12H15ClN2O2/c13-7-4-5-8(11(16)6-7)12(17)15-10-3-1-2-9(10)14/h4-6,9-10,16H,1-3,14H2,(H,15,17). The van der Waals surface area contributed by atoms with Crippen LogP contribution < -0.4 is 11.1 Å². The van der Waals surface area contributed by atoms with Crippen LogP contribution in [0.4, 0.5) is 0 Å². The number of nitrogens with one attached hydrogen (secondary N) is 1. The monoisotopic (exact) mass is 254 g/mol. The zero-order valence-electron chi connectivity index (χ0n) is 9.32. The van der Waals surface area contributed by atoms with Crippen molar-refractivity contribution in [2.24, 2.45) is 5.73 Å². The average molecular weight is 255 g/mol. The predicted molar refractivity (Wildman–Crippen MR) is 66.2 cm³/mol. The van der Waals surface area contributed by atoms with E-state index in [0.29, 0.717) is 5.02 Å². The summed E-state index contributed by atoms with van der Waals surface area (Å²) in [5.41, 5.74) is 6.10. The SMILES string of the molecule is NC1CCCC1NC(=O)c1ccc(Cl)cc1O. The molecule has 17 heavy (non-hydrogen) atoms. The summed E-state index contributed by atoms with van der Waals surface area (Å²) in [4.78, 5) is 11.9. The quantitative estimate of drug-likeness (QED) is 0.751. The third kappa shape index (κ3) is 2.70. The topological polar surface area (TPSA) is 75.3 Å². The molecule has 0 aromatic heterocycles. The van der Waals surface area contributed by atoms with Crippen molar-refractivity contribution in [2.45, 2.75) is 31.3 Å². The van der Waals surface area contributed by atoms with Crippen molar-refractivity contribution in [1.82, 2.24) is 5.32 Å². The Balaban J connectivity index is 2.09. The molecule has 92 valence electrons. The predicted octanol–water partition coefficient (Wildman–Crippen LogP) is 1.66. The molecule has 0 saturated heterocycles. The first kappa shape index (κ1) is 12.2. The smallest absolute Gasteiger partial charge is 0.255 e. The first-order valence-corrected chi connectivity index (χ1v) is 6.00. The highest BCUT2D eigenvalue weighted by atomic mass is 35.5. The van der Waals surface area contributed by atoms with Crippen LogP contribution in [0.25, 0.3) is 0 Å². The Hall–Kier alpha value is -1.26. The zero-order chi connectivity index (χ0) is 12.4. The largest absolute Gasteiger partial charge is 0.507 e. The van der Waals surface area contributed by atoms with Crippen LogP contribution in [0.2, 0.25) is 5.02 Å². The van der Waals surface area contributed by atoms with Crippen LogP contribution in [-0.4, -0.2) is 23.1 Å². The molecule has 1 aromatic rings. The summed E-state index contributed by atoms with van der Waals surface area (Å²) in [7, 11) is 0. The lowest BCUT2D eigenvalue weighted by molar-refractivity contribution is 0.0932. The van der Waals surface area contributed by atoms with Crippen LogP contribution in [0.15, 0.2) is 18.2 Å². The fourth-order valence-corrected chi connectivity index (χ4v) is 2.28. The summed E-state index contributed by atoms with van der Waals surface area (Å²) in [6, 6.07) is 4.44. The molecule has 2 atom stereocenters. The fraction of sp³-hybridized carbons (Fsp3) is 0.417. The average Bonchev–Trinajstić information content (AvgIpc) is 2.64. The van der Waals surface area contributed by atoms with Crippen LogP contribution >= 0.6 is 11.6 Å². The molecule has 0 radical (unpaired) electrons. The minimum atomic E-state index is -0.304. The Morgan fingerprint density at radius 3 is 2.82 bits per heavy atom. The van der Waals surface area contributed by atoms with Gasteiger partial charge in [0.25, 0.3) is 5.91 Å². The van der Waals surface area contributed by atoms with E-state index in [1.165, 1.54) is 12.1 Å². The molecule has 4 N–H and O–H groups in total. The van der Waals surface area contributed by atoms with Gasteiger partial charge in [0.1, 0.15) is 5.75 Å². The third-order valence-electron chi connectivity index (χ3n) is 3.09. The van der Waals surface area contributed by atoms with Crippen molar-refractivity contribution in [2.75, 3.05) is 0 Å². The number of rotatable bonds is 2. The van der Waals surface area contributed by atoms with Crippen molar-refractivity contribution < 1.29 is 9.90 Å². The highest BCUT2D eigenvalue weighted by Gasteiger charge is 2.26. The molecule has 0 bridgehead atoms. The molecule has 1 aromatic carbocycles. The van der Waals surface area contributed by atoms with Crippen LogP contribution in [0, 0.1) is 0 Å². The fourth-order valence-electron chi connectivity index (χ4n) is 2.11. The summed E-state index contributed by atoms with van der Waals surface area (Å²) in [6.45, 7) is 0. The van der Waals surface area contributed by atoms with Crippen molar-refractivity contribution >= 4 is 17.5 Å². The minimum absolute atomic E-state index is 0.00224. The molecule has 1 aliphatic rings. The van der Waals surface area contributed by atoms with Gasteiger partial charge in [0.15, 0.2) is 0 Å². The van der Waals surface area contributed by atoms with E-state index in [2.05, 4.69) is 5.32 Å². The van der Waals surface area contributed by atoms with E-state index >= 15 is 0 Å². The maximum atomic E-state index is 11.9. The highest BCUT2D eigenvalue weighted by Crippen LogP contribution is 2.23. The molecular formula is C12H15ClN2O2. The van der Waals surface area contributed by atoms with Gasteiger partial charge >= 0.3 is 0 Å². The molecule has 0 aliphatic heterocycles. The Bertz CT molecular complexity index is 437. The van der Waals surface area contributed by atoms with Crippen LogP contribution in [0.1, 0.15) is 29.6 Å². The van der Waals surface area contributed by atoms with E-state index in [1.807, 2.05) is 0 Å². The Labute approximate surface area is 105 Å². The number of carbonyl (C=O) groups excluding carboxylic acids is 1. The number of halogens is 1.